The van der Waals surface area contributed by atoms with Crippen LogP contribution >= 0.6 is 23.2 Å². The van der Waals surface area contributed by atoms with E-state index in [4.69, 9.17) is 28.3 Å². The number of benzene rings is 2. The summed E-state index contributed by atoms with van der Waals surface area (Å²) < 4.78 is 29.0. The van der Waals surface area contributed by atoms with Gasteiger partial charge in [0.1, 0.15) is 24.5 Å². The van der Waals surface area contributed by atoms with E-state index in [1.54, 1.807) is 0 Å². The van der Waals surface area contributed by atoms with Gasteiger partial charge in [0.25, 0.3) is 0 Å². The van der Waals surface area contributed by atoms with E-state index in [0.717, 1.165) is 0 Å². The van der Waals surface area contributed by atoms with Crippen molar-refractivity contribution in [3.8, 4) is 0 Å². The lowest BCUT2D eigenvalue weighted by atomic mass is 9.73. The maximum atomic E-state index is 14.9. The fraction of sp³-hybridized carbons (Fsp3) is 0.519. The molecule has 0 bridgehead atoms. The lowest BCUT2D eigenvalue weighted by Gasteiger charge is -2.31. The van der Waals surface area contributed by atoms with E-state index in [1.807, 2.05) is 20.8 Å². The van der Waals surface area contributed by atoms with Crippen molar-refractivity contribution in [1.82, 2.24) is 10.6 Å². The molecule has 1 amide bonds. The Morgan fingerprint density at radius 2 is 1.69 bits per heavy atom. The summed E-state index contributed by atoms with van der Waals surface area (Å²) >= 11 is 12.2. The van der Waals surface area contributed by atoms with E-state index < -0.39 is 67.0 Å². The minimum atomic E-state index is -1.45. The molecule has 1 heterocycles. The summed E-state index contributed by atoms with van der Waals surface area (Å²) in [5, 5.41) is 46.9. The highest BCUT2D eigenvalue weighted by Crippen LogP contribution is 2.49. The van der Waals surface area contributed by atoms with Gasteiger partial charge in [0.15, 0.2) is 0 Å². The van der Waals surface area contributed by atoms with E-state index in [-0.39, 0.29) is 22.0 Å². The second-order valence-corrected chi connectivity index (χ2v) is 11.8. The van der Waals surface area contributed by atoms with Crippen LogP contribution in [0.2, 0.25) is 10.0 Å². The Bertz CT molecular complexity index is 1170. The molecular weight excluding hydrogens is 555 g/mol. The molecule has 2 aromatic rings. The van der Waals surface area contributed by atoms with Crippen molar-refractivity contribution in [1.29, 1.82) is 0 Å². The first-order valence-corrected chi connectivity index (χ1v) is 13.3. The number of aliphatic hydroxyl groups excluding tert-OH is 4. The van der Waals surface area contributed by atoms with Gasteiger partial charge < -0.3 is 36.4 Å². The lowest BCUT2D eigenvalue weighted by molar-refractivity contribution is -0.124. The van der Waals surface area contributed by atoms with Crippen molar-refractivity contribution in [2.45, 2.75) is 63.3 Å². The molecule has 2 aromatic carbocycles. The molecule has 3 rings (SSSR count). The second-order valence-electron chi connectivity index (χ2n) is 11.0. The van der Waals surface area contributed by atoms with Gasteiger partial charge in [-0.1, -0.05) is 50.0 Å². The van der Waals surface area contributed by atoms with Crippen LogP contribution in [-0.4, -0.2) is 70.5 Å². The minimum absolute atomic E-state index is 0.151. The summed E-state index contributed by atoms with van der Waals surface area (Å²) in [6, 6.07) is 5.41. The smallest absolute Gasteiger partial charge is 0.237 e. The van der Waals surface area contributed by atoms with Gasteiger partial charge in [0.05, 0.1) is 28.8 Å². The van der Waals surface area contributed by atoms with Crippen molar-refractivity contribution < 1.29 is 34.0 Å². The van der Waals surface area contributed by atoms with Crippen LogP contribution in [0.3, 0.4) is 0 Å². The molecule has 0 aromatic heterocycles. The van der Waals surface area contributed by atoms with E-state index >= 15 is 0 Å². The fourth-order valence-electron chi connectivity index (χ4n) is 5.16. The van der Waals surface area contributed by atoms with Crippen LogP contribution < -0.4 is 16.0 Å². The Morgan fingerprint density at radius 1 is 1.03 bits per heavy atom. The highest BCUT2D eigenvalue weighted by molar-refractivity contribution is 6.31. The van der Waals surface area contributed by atoms with Crippen LogP contribution in [0.15, 0.2) is 30.3 Å². The summed E-state index contributed by atoms with van der Waals surface area (Å²) in [7, 11) is 0. The van der Waals surface area contributed by atoms with Crippen molar-refractivity contribution in [2.24, 2.45) is 5.41 Å². The van der Waals surface area contributed by atoms with Crippen LogP contribution in [-0.2, 0) is 4.79 Å². The maximum Gasteiger partial charge on any atom is 0.237 e. The molecule has 0 unspecified atom stereocenters. The Balaban J connectivity index is 2.16. The summed E-state index contributed by atoms with van der Waals surface area (Å²) in [5.41, 5.74) is 1.10. The van der Waals surface area contributed by atoms with Gasteiger partial charge in [-0.2, -0.15) is 0 Å². The second kappa shape index (κ2) is 13.1. The molecule has 7 N–H and O–H groups in total. The minimum Gasteiger partial charge on any atom is -0.394 e. The number of hydrogen-bond acceptors (Lipinski definition) is 7. The van der Waals surface area contributed by atoms with Crippen LogP contribution in [0.5, 0.6) is 0 Å². The highest BCUT2D eigenvalue weighted by Gasteiger charge is 2.49. The molecule has 0 radical (unpaired) electrons. The van der Waals surface area contributed by atoms with Gasteiger partial charge in [0, 0.05) is 30.1 Å². The predicted molar refractivity (Wildman–Crippen MR) is 146 cm³/mol. The van der Waals surface area contributed by atoms with E-state index in [9.17, 15) is 28.9 Å². The zero-order chi connectivity index (χ0) is 29.1. The highest BCUT2D eigenvalue weighted by atomic mass is 35.5. The Hall–Kier alpha value is -2.05. The topological polar surface area (TPSA) is 134 Å². The standard InChI is InChI=1S/C27H35Cl2F2N3O5/c1-27(2,3)9-20-24(14-7-18(31)16(29)8-19(14)33-12-36)23(13-4-5-17(30)15(28)6-13)25(34-20)26(39)32-10-21(37)22(38)11-35/h4-8,20-25,33-38H,9-12H2,1-3H3,(H,32,39)/t20-,21+,22-,23-,24-,25-/m1/s1. The number of rotatable bonds is 10. The van der Waals surface area contributed by atoms with Crippen molar-refractivity contribution >= 4 is 34.8 Å². The number of carbonyl (C=O) groups excluding carboxylic acids is 1. The van der Waals surface area contributed by atoms with Gasteiger partial charge >= 0.3 is 0 Å². The van der Waals surface area contributed by atoms with E-state index in [1.165, 1.54) is 30.3 Å². The number of anilines is 1. The number of hydrogen-bond donors (Lipinski definition) is 7. The first kappa shape index (κ1) is 31.5. The van der Waals surface area contributed by atoms with Crippen molar-refractivity contribution in [3.63, 3.8) is 0 Å². The van der Waals surface area contributed by atoms with Gasteiger partial charge in [-0.05, 0) is 47.2 Å². The van der Waals surface area contributed by atoms with E-state index in [0.29, 0.717) is 23.2 Å². The molecule has 0 aliphatic carbocycles. The molecular formula is C27H35Cl2F2N3O5. The number of aliphatic hydroxyl groups is 4. The number of carbonyl (C=O) groups is 1. The molecule has 8 nitrogen and oxygen atoms in total. The molecule has 1 aliphatic rings. The fourth-order valence-corrected chi connectivity index (χ4v) is 5.51. The number of amides is 1. The third-order valence-electron chi connectivity index (χ3n) is 6.85. The molecule has 0 spiro atoms. The van der Waals surface area contributed by atoms with Crippen LogP contribution in [0.25, 0.3) is 0 Å². The van der Waals surface area contributed by atoms with Crippen LogP contribution in [0.1, 0.15) is 50.2 Å². The first-order valence-electron chi connectivity index (χ1n) is 12.6. The Labute approximate surface area is 236 Å². The maximum absolute atomic E-state index is 14.9. The van der Waals surface area contributed by atoms with Gasteiger partial charge in [-0.3, -0.25) is 4.79 Å². The zero-order valence-corrected chi connectivity index (χ0v) is 23.4. The first-order chi connectivity index (χ1) is 18.3. The summed E-state index contributed by atoms with van der Waals surface area (Å²) in [4.78, 5) is 13.5. The largest absolute Gasteiger partial charge is 0.394 e. The average Bonchev–Trinajstić information content (AvgIpc) is 3.22. The summed E-state index contributed by atoms with van der Waals surface area (Å²) in [6.07, 6.45) is -2.31. The summed E-state index contributed by atoms with van der Waals surface area (Å²) in [6.45, 7) is 4.58. The summed E-state index contributed by atoms with van der Waals surface area (Å²) in [5.74, 6) is -3.13. The van der Waals surface area contributed by atoms with Crippen LogP contribution in [0, 0.1) is 17.0 Å². The zero-order valence-electron chi connectivity index (χ0n) is 21.9. The molecule has 12 heteroatoms. The SMILES string of the molecule is CC(C)(C)C[C@H]1N[C@@H](C(=O)NC[C@H](O)[C@H](O)CO)[C@H](c2ccc(F)c(Cl)c2)[C@@H]1c1cc(F)c(Cl)cc1NCO. The molecule has 1 fully saturated rings. The quantitative estimate of drug-likeness (QED) is 0.212. The van der Waals surface area contributed by atoms with E-state index in [2.05, 4.69) is 16.0 Å². The third-order valence-corrected chi connectivity index (χ3v) is 7.43. The Morgan fingerprint density at radius 3 is 2.28 bits per heavy atom. The number of halogens is 4. The molecule has 0 saturated carbocycles. The molecule has 6 atom stereocenters. The molecule has 216 valence electrons. The van der Waals surface area contributed by atoms with Gasteiger partial charge in [-0.15, -0.1) is 0 Å². The molecule has 1 aliphatic heterocycles. The Kier molecular flexibility index (Phi) is 10.6. The van der Waals surface area contributed by atoms with Crippen molar-refractivity contribution in [3.05, 3.63) is 63.1 Å². The predicted octanol–water partition coefficient (Wildman–Crippen LogP) is 3.11. The lowest BCUT2D eigenvalue weighted by Crippen LogP contribution is -2.49. The van der Waals surface area contributed by atoms with Crippen molar-refractivity contribution in [2.75, 3.05) is 25.2 Å². The normalized spacial score (nSPS) is 22.9. The van der Waals surface area contributed by atoms with Gasteiger partial charge in [-0.25, -0.2) is 8.78 Å². The van der Waals surface area contributed by atoms with Gasteiger partial charge in [0.2, 0.25) is 5.91 Å². The number of nitrogens with one attached hydrogen (secondary N) is 3. The molecule has 39 heavy (non-hydrogen) atoms. The molecule has 1 saturated heterocycles. The third kappa shape index (κ3) is 7.58. The average molecular weight is 590 g/mol. The van der Waals surface area contributed by atoms with Crippen LogP contribution in [0.4, 0.5) is 14.5 Å². The monoisotopic (exact) mass is 589 g/mol.